The Labute approximate surface area is 210 Å². The summed E-state index contributed by atoms with van der Waals surface area (Å²) in [6, 6.07) is 26.0. The summed E-state index contributed by atoms with van der Waals surface area (Å²) in [5.74, 6) is -0.725. The molecule has 0 aliphatic carbocycles. The number of carbonyl (C=O) groups is 2. The van der Waals surface area contributed by atoms with Crippen LogP contribution >= 0.6 is 0 Å². The van der Waals surface area contributed by atoms with Crippen molar-refractivity contribution in [2.45, 2.75) is 31.1 Å². The van der Waals surface area contributed by atoms with Crippen LogP contribution in [0.25, 0.3) is 0 Å². The number of rotatable bonds is 11. The molecule has 1 aliphatic heterocycles. The number of carbonyl (C=O) groups excluding carboxylic acids is 1. The van der Waals surface area contributed by atoms with E-state index in [2.05, 4.69) is 5.32 Å². The molecule has 0 spiro atoms. The first-order valence-electron chi connectivity index (χ1n) is 12.1. The second-order valence-electron chi connectivity index (χ2n) is 9.14. The number of carboxylic acid groups (broad SMARTS) is 1. The molecule has 0 amide bonds. The van der Waals surface area contributed by atoms with Gasteiger partial charge < -0.3 is 9.84 Å². The second-order valence-corrected chi connectivity index (χ2v) is 9.14. The molecular weight excluding hydrogens is 459 g/mol. The Morgan fingerprint density at radius 2 is 1.69 bits per heavy atom. The number of benzene rings is 3. The molecular formula is C29H31FN2O4. The molecule has 3 aromatic rings. The number of likely N-dealkylation sites (tertiary alicyclic amines) is 1. The summed E-state index contributed by atoms with van der Waals surface area (Å²) in [5.41, 5.74) is 1.27. The van der Waals surface area contributed by atoms with E-state index < -0.39 is 24.3 Å². The Hall–Kier alpha value is -3.55. The zero-order valence-corrected chi connectivity index (χ0v) is 20.3. The minimum atomic E-state index is -1.15. The Balaban J connectivity index is 1.79. The highest BCUT2D eigenvalue weighted by Crippen LogP contribution is 2.35. The summed E-state index contributed by atoms with van der Waals surface area (Å²) < 4.78 is 19.5. The average molecular weight is 491 g/mol. The fraction of sp³-hybridized carbons (Fsp3) is 0.310. The minimum Gasteiger partial charge on any atom is -0.482 e. The molecule has 3 aromatic carbocycles. The SMILES string of the molecule is CC(=O)C(N[C@H](CN1CC[C@H](F)C1)c1cccc(OCC(=O)O)c1)(c1ccccc1)c1ccccc1. The van der Waals surface area contributed by atoms with Gasteiger partial charge in [-0.15, -0.1) is 0 Å². The van der Waals surface area contributed by atoms with Gasteiger partial charge in [-0.3, -0.25) is 15.0 Å². The van der Waals surface area contributed by atoms with Gasteiger partial charge in [-0.2, -0.15) is 0 Å². The van der Waals surface area contributed by atoms with Gasteiger partial charge in [-0.25, -0.2) is 9.18 Å². The quantitative estimate of drug-likeness (QED) is 0.416. The van der Waals surface area contributed by atoms with E-state index >= 15 is 0 Å². The number of hydrogen-bond acceptors (Lipinski definition) is 5. The lowest BCUT2D eigenvalue weighted by atomic mass is 9.78. The van der Waals surface area contributed by atoms with Crippen molar-refractivity contribution in [3.8, 4) is 5.75 Å². The lowest BCUT2D eigenvalue weighted by Crippen LogP contribution is -2.52. The zero-order chi connectivity index (χ0) is 25.5. The fourth-order valence-corrected chi connectivity index (χ4v) is 4.89. The van der Waals surface area contributed by atoms with Crippen LogP contribution in [0.1, 0.15) is 36.1 Å². The van der Waals surface area contributed by atoms with Gasteiger partial charge >= 0.3 is 5.97 Å². The molecule has 2 N–H and O–H groups in total. The molecule has 0 bridgehead atoms. The standard InChI is InChI=1S/C29H31FN2O4/c1-21(33)29(23-10-4-2-5-11-23,24-12-6-3-7-13-24)31-27(19-32-16-15-25(30)18-32)22-9-8-14-26(17-22)36-20-28(34)35/h2-14,17,25,27,31H,15-16,18-20H2,1H3,(H,34,35)/t25-,27+/m0/s1. The van der Waals surface area contributed by atoms with E-state index in [4.69, 9.17) is 9.84 Å². The molecule has 0 aromatic heterocycles. The molecule has 7 heteroatoms. The number of alkyl halides is 1. The van der Waals surface area contributed by atoms with Crippen molar-refractivity contribution >= 4 is 11.8 Å². The van der Waals surface area contributed by atoms with E-state index in [0.717, 1.165) is 16.7 Å². The minimum absolute atomic E-state index is 0.0760. The zero-order valence-electron chi connectivity index (χ0n) is 20.3. The van der Waals surface area contributed by atoms with Crippen molar-refractivity contribution in [2.24, 2.45) is 0 Å². The third-order valence-electron chi connectivity index (χ3n) is 6.61. The van der Waals surface area contributed by atoms with Gasteiger partial charge in [0.1, 0.15) is 17.5 Å². The number of ether oxygens (including phenoxy) is 1. The first kappa shape index (κ1) is 25.5. The highest BCUT2D eigenvalue weighted by Gasteiger charge is 2.41. The van der Waals surface area contributed by atoms with E-state index in [9.17, 15) is 14.0 Å². The van der Waals surface area contributed by atoms with Crippen LogP contribution in [0.5, 0.6) is 5.75 Å². The van der Waals surface area contributed by atoms with Crippen molar-refractivity contribution < 1.29 is 23.8 Å². The second kappa shape index (κ2) is 11.5. The number of nitrogens with zero attached hydrogens (tertiary/aromatic N) is 1. The Morgan fingerprint density at radius 1 is 1.06 bits per heavy atom. The van der Waals surface area contributed by atoms with Crippen LogP contribution in [0.4, 0.5) is 4.39 Å². The van der Waals surface area contributed by atoms with Crippen LogP contribution in [-0.2, 0) is 15.1 Å². The predicted molar refractivity (Wildman–Crippen MR) is 136 cm³/mol. The molecule has 1 aliphatic rings. The summed E-state index contributed by atoms with van der Waals surface area (Å²) >= 11 is 0. The molecule has 2 atom stereocenters. The summed E-state index contributed by atoms with van der Waals surface area (Å²) in [6.07, 6.45) is -0.402. The Bertz CT molecular complexity index is 1130. The van der Waals surface area contributed by atoms with E-state index in [0.29, 0.717) is 31.8 Å². The van der Waals surface area contributed by atoms with E-state index in [1.54, 1.807) is 25.1 Å². The highest BCUT2D eigenvalue weighted by molar-refractivity contribution is 5.91. The normalized spacial score (nSPS) is 17.0. The van der Waals surface area contributed by atoms with E-state index in [1.807, 2.05) is 71.6 Å². The van der Waals surface area contributed by atoms with Crippen LogP contribution in [0.3, 0.4) is 0 Å². The smallest absolute Gasteiger partial charge is 0.341 e. The predicted octanol–water partition coefficient (Wildman–Crippen LogP) is 4.36. The van der Waals surface area contributed by atoms with Gasteiger partial charge in [0.15, 0.2) is 12.4 Å². The van der Waals surface area contributed by atoms with Crippen LogP contribution in [0.2, 0.25) is 0 Å². The molecule has 1 heterocycles. The van der Waals surface area contributed by atoms with Gasteiger partial charge in [-0.05, 0) is 42.2 Å². The number of hydrogen-bond donors (Lipinski definition) is 2. The van der Waals surface area contributed by atoms with Crippen molar-refractivity contribution in [1.82, 2.24) is 10.2 Å². The van der Waals surface area contributed by atoms with Crippen molar-refractivity contribution in [3.63, 3.8) is 0 Å². The number of halogens is 1. The van der Waals surface area contributed by atoms with Crippen LogP contribution in [0.15, 0.2) is 84.9 Å². The summed E-state index contributed by atoms with van der Waals surface area (Å²) in [7, 11) is 0. The Morgan fingerprint density at radius 3 is 2.22 bits per heavy atom. The fourth-order valence-electron chi connectivity index (χ4n) is 4.89. The highest BCUT2D eigenvalue weighted by atomic mass is 19.1. The number of aliphatic carboxylic acids is 1. The third-order valence-corrected chi connectivity index (χ3v) is 6.61. The first-order valence-corrected chi connectivity index (χ1v) is 12.1. The van der Waals surface area contributed by atoms with E-state index in [1.165, 1.54) is 0 Å². The lowest BCUT2D eigenvalue weighted by molar-refractivity contribution is -0.139. The van der Waals surface area contributed by atoms with Gasteiger partial charge in [0, 0.05) is 25.7 Å². The lowest BCUT2D eigenvalue weighted by Gasteiger charge is -2.39. The summed E-state index contributed by atoms with van der Waals surface area (Å²) in [6.45, 7) is 2.54. The molecule has 6 nitrogen and oxygen atoms in total. The number of nitrogens with one attached hydrogen (secondary N) is 1. The molecule has 0 unspecified atom stereocenters. The molecule has 4 rings (SSSR count). The van der Waals surface area contributed by atoms with Gasteiger partial charge in [0.25, 0.3) is 0 Å². The maximum atomic E-state index is 14.1. The van der Waals surface area contributed by atoms with Gasteiger partial charge in [0.05, 0.1) is 0 Å². The molecule has 1 fully saturated rings. The summed E-state index contributed by atoms with van der Waals surface area (Å²) in [4.78, 5) is 26.6. The number of ketones is 1. The number of carboxylic acids is 1. The maximum absolute atomic E-state index is 14.1. The third kappa shape index (κ3) is 5.80. The topological polar surface area (TPSA) is 78.9 Å². The van der Waals surface area contributed by atoms with Crippen molar-refractivity contribution in [1.29, 1.82) is 0 Å². The first-order chi connectivity index (χ1) is 17.4. The molecule has 188 valence electrons. The van der Waals surface area contributed by atoms with Crippen LogP contribution < -0.4 is 10.1 Å². The number of Topliss-reactive ketones (excluding diaryl/α,β-unsaturated/α-hetero) is 1. The molecule has 0 saturated carbocycles. The maximum Gasteiger partial charge on any atom is 0.341 e. The van der Waals surface area contributed by atoms with Crippen molar-refractivity contribution in [2.75, 3.05) is 26.2 Å². The largest absolute Gasteiger partial charge is 0.482 e. The average Bonchev–Trinajstić information content (AvgIpc) is 3.30. The van der Waals surface area contributed by atoms with Crippen molar-refractivity contribution in [3.05, 3.63) is 102 Å². The molecule has 36 heavy (non-hydrogen) atoms. The van der Waals surface area contributed by atoms with Gasteiger partial charge in [0.2, 0.25) is 0 Å². The van der Waals surface area contributed by atoms with Crippen LogP contribution in [-0.4, -0.2) is 54.2 Å². The summed E-state index contributed by atoms with van der Waals surface area (Å²) in [5, 5.41) is 12.7. The van der Waals surface area contributed by atoms with Crippen LogP contribution in [0, 0.1) is 0 Å². The Kier molecular flexibility index (Phi) is 8.13. The monoisotopic (exact) mass is 490 g/mol. The van der Waals surface area contributed by atoms with Gasteiger partial charge in [-0.1, -0.05) is 72.8 Å². The van der Waals surface area contributed by atoms with E-state index in [-0.39, 0.29) is 11.8 Å². The molecule has 0 radical (unpaired) electrons. The molecule has 1 saturated heterocycles.